The van der Waals surface area contributed by atoms with E-state index in [-0.39, 0.29) is 23.9 Å². The number of nitrogens with zero attached hydrogens (tertiary/aromatic N) is 4. The Labute approximate surface area is 215 Å². The van der Waals surface area contributed by atoms with Crippen molar-refractivity contribution in [3.05, 3.63) is 110 Å². The third-order valence-electron chi connectivity index (χ3n) is 5.05. The van der Waals surface area contributed by atoms with Crippen molar-refractivity contribution in [1.82, 2.24) is 14.8 Å². The summed E-state index contributed by atoms with van der Waals surface area (Å²) in [5.41, 5.74) is 2.08. The quantitative estimate of drug-likeness (QED) is 0.135. The number of aromatic nitrogens is 3. The molecule has 0 fully saturated rings. The van der Waals surface area contributed by atoms with Gasteiger partial charge in [-0.15, -0.1) is 10.2 Å². The molecule has 4 rings (SSSR count). The van der Waals surface area contributed by atoms with Crippen LogP contribution in [0.3, 0.4) is 0 Å². The third kappa shape index (κ3) is 6.30. The number of aryl methyl sites for hydroxylation is 1. The van der Waals surface area contributed by atoms with Gasteiger partial charge in [-0.3, -0.25) is 14.7 Å². The molecule has 180 valence electrons. The molecule has 0 bridgehead atoms. The van der Waals surface area contributed by atoms with Gasteiger partial charge in [0.15, 0.2) is 5.16 Å². The van der Waals surface area contributed by atoms with Crippen LogP contribution in [0.2, 0.25) is 10.0 Å². The number of hydrogen-bond acceptors (Lipinski definition) is 6. The fourth-order valence-corrected chi connectivity index (χ4v) is 4.94. The molecule has 1 heterocycles. The zero-order valence-electron chi connectivity index (χ0n) is 18.4. The molecule has 0 spiro atoms. The lowest BCUT2D eigenvalue weighted by Crippen LogP contribution is -2.11. The third-order valence-corrected chi connectivity index (χ3v) is 6.78. The lowest BCUT2D eigenvalue weighted by atomic mass is 10.1. The summed E-state index contributed by atoms with van der Waals surface area (Å²) in [6, 6.07) is 18.3. The van der Waals surface area contributed by atoms with Gasteiger partial charge in [0.2, 0.25) is 6.54 Å². The molecule has 0 unspecified atom stereocenters. The van der Waals surface area contributed by atoms with Gasteiger partial charge in [0.05, 0.1) is 5.02 Å². The Kier molecular flexibility index (Phi) is 7.90. The van der Waals surface area contributed by atoms with Crippen LogP contribution in [0, 0.1) is 22.9 Å². The number of rotatable bonds is 9. The smallest absolute Gasteiger partial charge is 0.220 e. The van der Waals surface area contributed by atoms with Gasteiger partial charge in [-0.1, -0.05) is 53.2 Å². The number of halogens is 3. The Hall–Kier alpha value is -3.14. The number of thioether (sulfide) groups is 1. The van der Waals surface area contributed by atoms with Gasteiger partial charge >= 0.3 is 0 Å². The standard InChI is InChI=1S/C24H19Cl2FN4O3S/c1-15-28-29-24(31(15)20-8-6-18(25)7-9-20)35-23(13-30(32)33)17-5-10-22(21(26)12-17)34-14-16-3-2-4-19(27)11-16/h2-12,23H,13-14H2,1H3/t23-/m1/s1. The van der Waals surface area contributed by atoms with Crippen LogP contribution < -0.4 is 4.74 Å². The zero-order valence-corrected chi connectivity index (χ0v) is 20.7. The highest BCUT2D eigenvalue weighted by molar-refractivity contribution is 7.99. The highest BCUT2D eigenvalue weighted by Gasteiger charge is 2.24. The molecule has 0 saturated carbocycles. The molecule has 0 aliphatic rings. The van der Waals surface area contributed by atoms with Crippen LogP contribution in [-0.4, -0.2) is 26.2 Å². The monoisotopic (exact) mass is 532 g/mol. The van der Waals surface area contributed by atoms with Gasteiger partial charge in [-0.2, -0.15) is 0 Å². The molecule has 0 aliphatic carbocycles. The summed E-state index contributed by atoms with van der Waals surface area (Å²) in [4.78, 5) is 11.1. The van der Waals surface area contributed by atoms with Crippen LogP contribution in [-0.2, 0) is 6.61 Å². The average Bonchev–Trinajstić information content (AvgIpc) is 3.18. The predicted molar refractivity (Wildman–Crippen MR) is 134 cm³/mol. The van der Waals surface area contributed by atoms with E-state index in [1.165, 1.54) is 23.9 Å². The molecular formula is C24H19Cl2FN4O3S. The van der Waals surface area contributed by atoms with Crippen LogP contribution >= 0.6 is 35.0 Å². The van der Waals surface area contributed by atoms with Crippen molar-refractivity contribution in [3.8, 4) is 11.4 Å². The minimum Gasteiger partial charge on any atom is -0.487 e. The van der Waals surface area contributed by atoms with E-state index in [1.54, 1.807) is 49.4 Å². The van der Waals surface area contributed by atoms with E-state index in [9.17, 15) is 14.5 Å². The van der Waals surface area contributed by atoms with Crippen LogP contribution in [0.15, 0.2) is 71.9 Å². The number of hydrogen-bond donors (Lipinski definition) is 0. The Morgan fingerprint density at radius 1 is 1.11 bits per heavy atom. The van der Waals surface area contributed by atoms with E-state index in [0.717, 1.165) is 5.69 Å². The van der Waals surface area contributed by atoms with E-state index in [4.69, 9.17) is 27.9 Å². The zero-order chi connectivity index (χ0) is 24.9. The van der Waals surface area contributed by atoms with Crippen molar-refractivity contribution in [2.45, 2.75) is 23.9 Å². The van der Waals surface area contributed by atoms with Crippen LogP contribution in [0.25, 0.3) is 5.69 Å². The molecule has 1 aromatic heterocycles. The summed E-state index contributed by atoms with van der Waals surface area (Å²) >= 11 is 13.7. The lowest BCUT2D eigenvalue weighted by Gasteiger charge is -2.16. The van der Waals surface area contributed by atoms with Gasteiger partial charge in [-0.25, -0.2) is 4.39 Å². The fourth-order valence-electron chi connectivity index (χ4n) is 3.40. The van der Waals surface area contributed by atoms with Crippen LogP contribution in [0.5, 0.6) is 5.75 Å². The fraction of sp³-hybridized carbons (Fsp3) is 0.167. The molecule has 35 heavy (non-hydrogen) atoms. The molecule has 4 aromatic rings. The summed E-state index contributed by atoms with van der Waals surface area (Å²) in [5.74, 6) is 0.674. The maximum Gasteiger partial charge on any atom is 0.220 e. The Balaban J connectivity index is 1.57. The Morgan fingerprint density at radius 2 is 1.89 bits per heavy atom. The molecule has 1 atom stereocenters. The second kappa shape index (κ2) is 11.1. The van der Waals surface area contributed by atoms with Crippen molar-refractivity contribution in [3.63, 3.8) is 0 Å². The summed E-state index contributed by atoms with van der Waals surface area (Å²) in [6.45, 7) is 1.58. The Bertz CT molecular complexity index is 1350. The van der Waals surface area contributed by atoms with Gasteiger partial charge in [0.1, 0.15) is 29.2 Å². The average molecular weight is 533 g/mol. The highest BCUT2D eigenvalue weighted by atomic mass is 35.5. The van der Waals surface area contributed by atoms with Crippen molar-refractivity contribution < 1.29 is 14.1 Å². The van der Waals surface area contributed by atoms with Crippen LogP contribution in [0.4, 0.5) is 4.39 Å². The molecule has 11 heteroatoms. The normalized spacial score (nSPS) is 11.9. The van der Waals surface area contributed by atoms with Crippen molar-refractivity contribution in [1.29, 1.82) is 0 Å². The minimum atomic E-state index is -0.589. The van der Waals surface area contributed by atoms with E-state index in [2.05, 4.69) is 10.2 Å². The van der Waals surface area contributed by atoms with Gasteiger partial charge < -0.3 is 4.74 Å². The van der Waals surface area contributed by atoms with Gasteiger partial charge in [0.25, 0.3) is 0 Å². The lowest BCUT2D eigenvalue weighted by molar-refractivity contribution is -0.479. The van der Waals surface area contributed by atoms with E-state index >= 15 is 0 Å². The van der Waals surface area contributed by atoms with E-state index in [0.29, 0.717) is 37.9 Å². The summed E-state index contributed by atoms with van der Waals surface area (Å²) in [5, 5.41) is 20.6. The first-order valence-corrected chi connectivity index (χ1v) is 12.1. The maximum atomic E-state index is 13.4. The molecule has 0 radical (unpaired) electrons. The first-order valence-electron chi connectivity index (χ1n) is 10.4. The van der Waals surface area contributed by atoms with Crippen molar-refractivity contribution in [2.75, 3.05) is 6.54 Å². The molecule has 0 aliphatic heterocycles. The van der Waals surface area contributed by atoms with E-state index < -0.39 is 5.25 Å². The summed E-state index contributed by atoms with van der Waals surface area (Å²) in [6.07, 6.45) is 0. The molecule has 0 amide bonds. The molecular weight excluding hydrogens is 514 g/mol. The number of ether oxygens (including phenoxy) is 1. The Morgan fingerprint density at radius 3 is 2.57 bits per heavy atom. The van der Waals surface area contributed by atoms with Gasteiger partial charge in [0, 0.05) is 15.6 Å². The summed E-state index contributed by atoms with van der Waals surface area (Å²) in [7, 11) is 0. The largest absolute Gasteiger partial charge is 0.487 e. The van der Waals surface area contributed by atoms with Crippen molar-refractivity contribution >= 4 is 35.0 Å². The molecule has 7 nitrogen and oxygen atoms in total. The van der Waals surface area contributed by atoms with Crippen LogP contribution in [0.1, 0.15) is 22.2 Å². The maximum absolute atomic E-state index is 13.4. The summed E-state index contributed by atoms with van der Waals surface area (Å²) < 4.78 is 20.9. The second-order valence-corrected chi connectivity index (χ2v) is 9.59. The number of nitro groups is 1. The second-order valence-electron chi connectivity index (χ2n) is 7.57. The SMILES string of the molecule is Cc1nnc(S[C@H](C[N+](=O)[O-])c2ccc(OCc3cccc(F)c3)c(Cl)c2)n1-c1ccc(Cl)cc1. The molecule has 0 N–H and O–H groups in total. The first kappa shape index (κ1) is 25.0. The highest BCUT2D eigenvalue weighted by Crippen LogP contribution is 2.38. The topological polar surface area (TPSA) is 83.1 Å². The van der Waals surface area contributed by atoms with Crippen molar-refractivity contribution in [2.24, 2.45) is 0 Å². The molecule has 0 saturated heterocycles. The number of benzene rings is 3. The van der Waals surface area contributed by atoms with Gasteiger partial charge in [-0.05, 0) is 66.6 Å². The predicted octanol–water partition coefficient (Wildman–Crippen LogP) is 6.71. The molecule has 3 aromatic carbocycles. The van der Waals surface area contributed by atoms with E-state index in [1.807, 2.05) is 16.7 Å². The minimum absolute atomic E-state index is 0.132. The first-order chi connectivity index (χ1) is 16.8.